The van der Waals surface area contributed by atoms with Gasteiger partial charge < -0.3 is 9.80 Å². The summed E-state index contributed by atoms with van der Waals surface area (Å²) in [5.74, 6) is 0. The van der Waals surface area contributed by atoms with Gasteiger partial charge in [-0.25, -0.2) is 0 Å². The second-order valence-electron chi connectivity index (χ2n) is 11.3. The van der Waals surface area contributed by atoms with E-state index in [-0.39, 0.29) is 18.6 Å². The highest BCUT2D eigenvalue weighted by atomic mass is 35.5. The van der Waals surface area contributed by atoms with Crippen molar-refractivity contribution in [3.8, 4) is 0 Å². The standard InChI is InChI=1S/C32H37Cl2F3N4/c1-23-21-41(31(24-4-8-27(33)9-5-24)25-6-10-28(34)11-7-25)19-18-40(23)22-26-20-29(12-13-30(26)32(35,36)37)39-15-3-14-38(2)16-17-39/h4-13,20,23,31H,3,14-19,21-22H2,1-2H3. The van der Waals surface area contributed by atoms with Crippen LogP contribution in [0, 0.1) is 0 Å². The highest BCUT2D eigenvalue weighted by Crippen LogP contribution is 2.37. The van der Waals surface area contributed by atoms with Crippen molar-refractivity contribution in [3.05, 3.63) is 99.0 Å². The fraction of sp³-hybridized carbons (Fsp3) is 0.438. The Morgan fingerprint density at radius 1 is 0.805 bits per heavy atom. The minimum atomic E-state index is -4.40. The molecule has 3 aromatic rings. The summed E-state index contributed by atoms with van der Waals surface area (Å²) in [6, 6.07) is 20.5. The fourth-order valence-corrected chi connectivity index (χ4v) is 6.36. The highest BCUT2D eigenvalue weighted by molar-refractivity contribution is 6.30. The molecule has 0 saturated carbocycles. The molecule has 2 saturated heterocycles. The van der Waals surface area contributed by atoms with Crippen molar-refractivity contribution in [2.75, 3.05) is 57.8 Å². The lowest BCUT2D eigenvalue weighted by atomic mass is 9.95. The Labute approximate surface area is 251 Å². The molecule has 0 aromatic heterocycles. The van der Waals surface area contributed by atoms with Gasteiger partial charge in [-0.1, -0.05) is 47.5 Å². The predicted octanol–water partition coefficient (Wildman–Crippen LogP) is 7.45. The average Bonchev–Trinajstić information content (AvgIpc) is 3.16. The molecule has 0 amide bonds. The summed E-state index contributed by atoms with van der Waals surface area (Å²) in [5.41, 5.74) is 2.92. The highest BCUT2D eigenvalue weighted by Gasteiger charge is 2.36. The Morgan fingerprint density at radius 2 is 1.44 bits per heavy atom. The summed E-state index contributed by atoms with van der Waals surface area (Å²) in [7, 11) is 2.09. The number of hydrogen-bond acceptors (Lipinski definition) is 4. The second-order valence-corrected chi connectivity index (χ2v) is 12.2. The van der Waals surface area contributed by atoms with Crippen LogP contribution in [-0.4, -0.2) is 73.6 Å². The summed E-state index contributed by atoms with van der Waals surface area (Å²) in [5, 5.41) is 1.35. The molecule has 220 valence electrons. The van der Waals surface area contributed by atoms with E-state index in [1.54, 1.807) is 12.1 Å². The number of rotatable bonds is 6. The number of likely N-dealkylation sites (N-methyl/N-ethyl adjacent to an activating group) is 1. The van der Waals surface area contributed by atoms with Gasteiger partial charge in [-0.3, -0.25) is 9.80 Å². The molecule has 5 rings (SSSR count). The van der Waals surface area contributed by atoms with Gasteiger partial charge in [0.25, 0.3) is 0 Å². The van der Waals surface area contributed by atoms with E-state index in [2.05, 4.69) is 33.6 Å². The number of piperazine rings is 1. The number of alkyl halides is 3. The van der Waals surface area contributed by atoms with Gasteiger partial charge in [-0.15, -0.1) is 0 Å². The monoisotopic (exact) mass is 604 g/mol. The van der Waals surface area contributed by atoms with Crippen LogP contribution < -0.4 is 4.90 Å². The summed E-state index contributed by atoms with van der Waals surface area (Å²) in [6.07, 6.45) is -3.40. The number of halogens is 5. The van der Waals surface area contributed by atoms with Crippen molar-refractivity contribution < 1.29 is 13.2 Å². The van der Waals surface area contributed by atoms with Crippen LogP contribution in [0.15, 0.2) is 66.7 Å². The molecule has 0 radical (unpaired) electrons. The van der Waals surface area contributed by atoms with Gasteiger partial charge in [0.15, 0.2) is 0 Å². The lowest BCUT2D eigenvalue weighted by molar-refractivity contribution is -0.138. The van der Waals surface area contributed by atoms with E-state index in [1.165, 1.54) is 6.07 Å². The summed E-state index contributed by atoms with van der Waals surface area (Å²) >= 11 is 12.4. The van der Waals surface area contributed by atoms with Crippen LogP contribution in [0.2, 0.25) is 10.0 Å². The first kappa shape index (κ1) is 30.2. The number of hydrogen-bond donors (Lipinski definition) is 0. The Hall–Kier alpha value is -2.29. The van der Waals surface area contributed by atoms with E-state index < -0.39 is 11.7 Å². The minimum Gasteiger partial charge on any atom is -0.370 e. The first-order valence-electron chi connectivity index (χ1n) is 14.2. The average molecular weight is 606 g/mol. The molecule has 0 N–H and O–H groups in total. The molecule has 2 aliphatic rings. The smallest absolute Gasteiger partial charge is 0.370 e. The van der Waals surface area contributed by atoms with Gasteiger partial charge in [-0.2, -0.15) is 13.2 Å². The van der Waals surface area contributed by atoms with Crippen molar-refractivity contribution in [2.24, 2.45) is 0 Å². The second kappa shape index (κ2) is 12.9. The van der Waals surface area contributed by atoms with Crippen molar-refractivity contribution >= 4 is 28.9 Å². The van der Waals surface area contributed by atoms with Gasteiger partial charge in [0.1, 0.15) is 0 Å². The maximum absolute atomic E-state index is 14.1. The lowest BCUT2D eigenvalue weighted by Crippen LogP contribution is -2.52. The van der Waals surface area contributed by atoms with Gasteiger partial charge in [0.05, 0.1) is 11.6 Å². The molecule has 0 bridgehead atoms. The Balaban J connectivity index is 1.37. The van der Waals surface area contributed by atoms with Gasteiger partial charge in [0.2, 0.25) is 0 Å². The summed E-state index contributed by atoms with van der Waals surface area (Å²) in [6.45, 7) is 8.03. The van der Waals surface area contributed by atoms with Gasteiger partial charge in [0, 0.05) is 67.6 Å². The van der Waals surface area contributed by atoms with Crippen LogP contribution in [0.3, 0.4) is 0 Å². The molecule has 4 nitrogen and oxygen atoms in total. The van der Waals surface area contributed by atoms with Crippen LogP contribution in [0.4, 0.5) is 18.9 Å². The van der Waals surface area contributed by atoms with Gasteiger partial charge >= 0.3 is 6.18 Å². The van der Waals surface area contributed by atoms with Crippen LogP contribution in [-0.2, 0) is 12.7 Å². The largest absolute Gasteiger partial charge is 0.416 e. The van der Waals surface area contributed by atoms with Crippen LogP contribution in [0.5, 0.6) is 0 Å². The molecule has 1 unspecified atom stereocenters. The number of benzene rings is 3. The van der Waals surface area contributed by atoms with E-state index in [1.807, 2.05) is 48.5 Å². The lowest BCUT2D eigenvalue weighted by Gasteiger charge is -2.44. The van der Waals surface area contributed by atoms with Crippen molar-refractivity contribution in [1.29, 1.82) is 0 Å². The first-order valence-corrected chi connectivity index (χ1v) is 15.0. The maximum atomic E-state index is 14.1. The Kier molecular flexibility index (Phi) is 9.51. The maximum Gasteiger partial charge on any atom is 0.416 e. The van der Waals surface area contributed by atoms with Crippen LogP contribution in [0.25, 0.3) is 0 Å². The number of anilines is 1. The quantitative estimate of drug-likeness (QED) is 0.290. The van der Waals surface area contributed by atoms with E-state index in [0.29, 0.717) is 22.2 Å². The predicted molar refractivity (Wildman–Crippen MR) is 162 cm³/mol. The third-order valence-corrected chi connectivity index (χ3v) is 8.89. The van der Waals surface area contributed by atoms with Crippen molar-refractivity contribution in [2.45, 2.75) is 38.1 Å². The molecule has 3 aromatic carbocycles. The molecular formula is C32H37Cl2F3N4. The molecule has 2 heterocycles. The third kappa shape index (κ3) is 7.38. The van der Waals surface area contributed by atoms with Gasteiger partial charge in [-0.05, 0) is 86.1 Å². The third-order valence-electron chi connectivity index (χ3n) is 8.39. The Bertz CT molecular complexity index is 1250. The fourth-order valence-electron chi connectivity index (χ4n) is 6.10. The molecule has 2 fully saturated rings. The van der Waals surface area contributed by atoms with Crippen LogP contribution >= 0.6 is 23.2 Å². The SMILES string of the molecule is CC1CN(C(c2ccc(Cl)cc2)c2ccc(Cl)cc2)CCN1Cc1cc(N2CCCN(C)CC2)ccc1C(F)(F)F. The van der Waals surface area contributed by atoms with E-state index in [9.17, 15) is 13.2 Å². The van der Waals surface area contributed by atoms with E-state index >= 15 is 0 Å². The van der Waals surface area contributed by atoms with E-state index in [4.69, 9.17) is 23.2 Å². The molecular weight excluding hydrogens is 568 g/mol. The first-order chi connectivity index (χ1) is 19.6. The zero-order valence-electron chi connectivity index (χ0n) is 23.5. The van der Waals surface area contributed by atoms with Crippen LogP contribution in [0.1, 0.15) is 41.6 Å². The molecule has 0 spiro atoms. The minimum absolute atomic E-state index is 0.00985. The van der Waals surface area contributed by atoms with Crippen molar-refractivity contribution in [3.63, 3.8) is 0 Å². The summed E-state index contributed by atoms with van der Waals surface area (Å²) in [4.78, 5) is 9.08. The molecule has 0 aliphatic carbocycles. The zero-order chi connectivity index (χ0) is 29.1. The molecule has 2 aliphatic heterocycles. The van der Waals surface area contributed by atoms with E-state index in [0.717, 1.165) is 62.5 Å². The zero-order valence-corrected chi connectivity index (χ0v) is 25.1. The molecule has 1 atom stereocenters. The topological polar surface area (TPSA) is 13.0 Å². The summed E-state index contributed by atoms with van der Waals surface area (Å²) < 4.78 is 42.4. The number of nitrogens with zero attached hydrogens (tertiary/aromatic N) is 4. The molecule has 9 heteroatoms. The van der Waals surface area contributed by atoms with Crippen molar-refractivity contribution in [1.82, 2.24) is 14.7 Å². The Morgan fingerprint density at radius 3 is 2.02 bits per heavy atom. The normalized spacial score (nSPS) is 20.0. The molecule has 41 heavy (non-hydrogen) atoms.